The molecule has 0 saturated carbocycles. The summed E-state index contributed by atoms with van der Waals surface area (Å²) in [5.74, 6) is 0.445. The van der Waals surface area contributed by atoms with E-state index in [9.17, 15) is 13.2 Å². The van der Waals surface area contributed by atoms with Gasteiger partial charge in [0.1, 0.15) is 4.70 Å². The highest BCUT2D eigenvalue weighted by molar-refractivity contribution is 7.85. The molecule has 2 aromatic carbocycles. The van der Waals surface area contributed by atoms with Crippen molar-refractivity contribution in [2.45, 2.75) is 39.7 Å². The van der Waals surface area contributed by atoms with Crippen molar-refractivity contribution >= 4 is 73.9 Å². The lowest BCUT2D eigenvalue weighted by molar-refractivity contribution is -0.669. The number of thiol groups is 1. The number of anilines is 1. The lowest BCUT2D eigenvalue weighted by Crippen LogP contribution is -2.35. The smallest absolute Gasteiger partial charge is 0.305 e. The Bertz CT molecular complexity index is 1600. The zero-order valence-corrected chi connectivity index (χ0v) is 26.0. The molecule has 3 aromatic rings. The van der Waals surface area contributed by atoms with Crippen LogP contribution in [0.5, 0.6) is 5.75 Å². The summed E-state index contributed by atoms with van der Waals surface area (Å²) in [6, 6.07) is 10.8. The third-order valence-electron chi connectivity index (χ3n) is 6.45. The van der Waals surface area contributed by atoms with E-state index < -0.39 is 16.0 Å². The third-order valence-corrected chi connectivity index (χ3v) is 8.75. The molecule has 1 amide bonds. The van der Waals surface area contributed by atoms with Crippen molar-refractivity contribution in [2.75, 3.05) is 24.3 Å². The van der Waals surface area contributed by atoms with E-state index in [0.29, 0.717) is 59.8 Å². The molecule has 2 heterocycles. The number of rotatable bonds is 12. The number of halogens is 1. The SMILES string of the molecule is CCC(=Cc1sc2ccc(Cl)cc2[n+]1CCCCS(=O)(=O)O)C=C1Oc2ccc(C(=O)N(OC)OS)cc2N1CC. The number of nitrogens with zero attached hydrogens (tertiary/aromatic N) is 3. The predicted octanol–water partition coefficient (Wildman–Crippen LogP) is 5.84. The van der Waals surface area contributed by atoms with Crippen molar-refractivity contribution in [1.82, 2.24) is 5.23 Å². The third kappa shape index (κ3) is 7.41. The highest BCUT2D eigenvalue weighted by Gasteiger charge is 2.28. The number of thiazole rings is 1. The summed E-state index contributed by atoms with van der Waals surface area (Å²) in [6.07, 6.45) is 5.67. The van der Waals surface area contributed by atoms with Crippen LogP contribution in [0, 0.1) is 0 Å². The fourth-order valence-corrected chi connectivity index (χ4v) is 6.48. The maximum atomic E-state index is 12.7. The Balaban J connectivity index is 1.66. The number of fused-ring (bicyclic) bond motifs is 2. The van der Waals surface area contributed by atoms with Crippen molar-refractivity contribution in [3.05, 3.63) is 69.5 Å². The second-order valence-electron chi connectivity index (χ2n) is 9.11. The van der Waals surface area contributed by atoms with E-state index in [1.807, 2.05) is 36.1 Å². The van der Waals surface area contributed by atoms with Crippen LogP contribution in [0.3, 0.4) is 0 Å². The number of ether oxygens (including phenoxy) is 1. The molecule has 0 aliphatic carbocycles. The van der Waals surface area contributed by atoms with Crippen LogP contribution in [0.2, 0.25) is 5.02 Å². The van der Waals surface area contributed by atoms with Gasteiger partial charge >= 0.3 is 5.91 Å². The lowest BCUT2D eigenvalue weighted by Gasteiger charge is -2.17. The fourth-order valence-electron chi connectivity index (χ4n) is 4.46. The lowest BCUT2D eigenvalue weighted by atomic mass is 10.1. The first kappa shape index (κ1) is 31.3. The van der Waals surface area contributed by atoms with E-state index in [1.165, 1.54) is 7.11 Å². The number of allylic oxidation sites excluding steroid dienone is 2. The molecular weight excluding hydrogens is 610 g/mol. The molecule has 0 bridgehead atoms. The number of aryl methyl sites for hydroxylation is 1. The zero-order valence-electron chi connectivity index (χ0n) is 22.7. The van der Waals surface area contributed by atoms with Crippen LogP contribution >= 0.6 is 35.8 Å². The minimum Gasteiger partial charge on any atom is -0.439 e. The summed E-state index contributed by atoms with van der Waals surface area (Å²) in [5.41, 5.74) is 3.03. The number of aromatic nitrogens is 1. The Labute approximate surface area is 253 Å². The van der Waals surface area contributed by atoms with E-state index >= 15 is 0 Å². The molecule has 220 valence electrons. The second-order valence-corrected chi connectivity index (χ2v) is 12.3. The summed E-state index contributed by atoms with van der Waals surface area (Å²) in [4.78, 5) is 19.5. The molecule has 1 aliphatic rings. The summed E-state index contributed by atoms with van der Waals surface area (Å²) < 4.78 is 45.5. The first-order valence-corrected chi connectivity index (χ1v) is 16.0. The predicted molar refractivity (Wildman–Crippen MR) is 162 cm³/mol. The molecule has 10 nitrogen and oxygen atoms in total. The molecule has 1 N–H and O–H groups in total. The standard InChI is InChI=1S/C27H30ClN3O7S3/c1-4-18(14-25-29(5-2)21-16-19(8-10-23(21)37-25)27(32)31(36-3)38-39)15-26-30(12-6-7-13-41(33,34)35)22-17-20(28)9-11-24(22)40-26/h8-11,14-17H,4-7,12-13H2,1-3H3,(H-,33,34,35,39)/p+1. The van der Waals surface area contributed by atoms with E-state index in [2.05, 4.69) is 34.8 Å². The number of carbonyl (C=O) groups excluding carboxylic acids is 1. The molecule has 0 fully saturated rings. The Kier molecular flexibility index (Phi) is 10.3. The Morgan fingerprint density at radius 2 is 2.02 bits per heavy atom. The first-order chi connectivity index (χ1) is 19.6. The minimum atomic E-state index is -4.01. The quantitative estimate of drug-likeness (QED) is 0.0634. The second kappa shape index (κ2) is 13.6. The van der Waals surface area contributed by atoms with Gasteiger partial charge in [0.2, 0.25) is 11.4 Å². The first-order valence-electron chi connectivity index (χ1n) is 12.9. The molecule has 1 aliphatic heterocycles. The van der Waals surface area contributed by atoms with Crippen LogP contribution in [-0.4, -0.2) is 43.5 Å². The van der Waals surface area contributed by atoms with Gasteiger partial charge < -0.3 is 9.64 Å². The van der Waals surface area contributed by atoms with Gasteiger partial charge in [-0.1, -0.05) is 35.1 Å². The number of hydroxylamine groups is 2. The largest absolute Gasteiger partial charge is 0.439 e. The van der Waals surface area contributed by atoms with Crippen LogP contribution in [0.25, 0.3) is 16.3 Å². The van der Waals surface area contributed by atoms with Gasteiger partial charge in [-0.05, 0) is 55.7 Å². The molecule has 0 saturated heterocycles. The van der Waals surface area contributed by atoms with Crippen molar-refractivity contribution in [1.29, 1.82) is 0 Å². The highest BCUT2D eigenvalue weighted by atomic mass is 35.5. The van der Waals surface area contributed by atoms with Crippen molar-refractivity contribution in [3.63, 3.8) is 0 Å². The van der Waals surface area contributed by atoms with Crippen LogP contribution in [0.15, 0.2) is 53.9 Å². The van der Waals surface area contributed by atoms with Gasteiger partial charge in [0.05, 0.1) is 18.6 Å². The molecular formula is C27H31ClN3O7S3+. The van der Waals surface area contributed by atoms with Crippen molar-refractivity contribution in [3.8, 4) is 5.75 Å². The monoisotopic (exact) mass is 640 g/mol. The van der Waals surface area contributed by atoms with Gasteiger partial charge in [-0.2, -0.15) is 17.3 Å². The van der Waals surface area contributed by atoms with Gasteiger partial charge in [-0.3, -0.25) is 9.35 Å². The van der Waals surface area contributed by atoms with Gasteiger partial charge in [0.25, 0.3) is 15.1 Å². The molecule has 0 radical (unpaired) electrons. The summed E-state index contributed by atoms with van der Waals surface area (Å²) >= 11 is 11.6. The number of hydrogen-bond acceptors (Lipinski definition) is 9. The highest BCUT2D eigenvalue weighted by Crippen LogP contribution is 2.40. The van der Waals surface area contributed by atoms with E-state index in [-0.39, 0.29) is 5.75 Å². The maximum absolute atomic E-state index is 12.7. The number of hydrogen-bond donors (Lipinski definition) is 2. The van der Waals surface area contributed by atoms with Gasteiger partial charge in [0, 0.05) is 54.7 Å². The Hall–Kier alpha value is -2.65. The maximum Gasteiger partial charge on any atom is 0.305 e. The van der Waals surface area contributed by atoms with Gasteiger partial charge in [-0.25, -0.2) is 4.84 Å². The number of benzene rings is 2. The van der Waals surface area contributed by atoms with Crippen LogP contribution in [0.1, 0.15) is 48.5 Å². The van der Waals surface area contributed by atoms with Crippen molar-refractivity contribution in [2.24, 2.45) is 0 Å². The van der Waals surface area contributed by atoms with Gasteiger partial charge in [0.15, 0.2) is 12.3 Å². The Morgan fingerprint density at radius 3 is 2.68 bits per heavy atom. The minimum absolute atomic E-state index is 0.281. The summed E-state index contributed by atoms with van der Waals surface area (Å²) in [7, 11) is -2.71. The van der Waals surface area contributed by atoms with Crippen molar-refractivity contribution < 1.29 is 36.2 Å². The normalized spacial score (nSPS) is 14.5. The van der Waals surface area contributed by atoms with Crippen LogP contribution < -0.4 is 14.2 Å². The fraction of sp³-hybridized carbons (Fsp3) is 0.333. The average molecular weight is 641 g/mol. The molecule has 0 atom stereocenters. The summed E-state index contributed by atoms with van der Waals surface area (Å²) in [5, 5.41) is 2.25. The molecule has 0 unspecified atom stereocenters. The average Bonchev–Trinajstić information content (AvgIpc) is 3.46. The van der Waals surface area contributed by atoms with E-state index in [4.69, 9.17) is 25.7 Å². The number of amides is 1. The molecule has 14 heteroatoms. The topological polar surface area (TPSA) is 109 Å². The summed E-state index contributed by atoms with van der Waals surface area (Å²) in [6.45, 7) is 5.20. The van der Waals surface area contributed by atoms with Gasteiger partial charge in [-0.15, -0.1) is 0 Å². The van der Waals surface area contributed by atoms with Crippen LogP contribution in [-0.2, 0) is 25.8 Å². The molecule has 4 rings (SSSR count). The Morgan fingerprint density at radius 1 is 1.24 bits per heavy atom. The van der Waals surface area contributed by atoms with Crippen LogP contribution in [0.4, 0.5) is 5.69 Å². The molecule has 0 spiro atoms. The molecule has 1 aromatic heterocycles. The van der Waals surface area contributed by atoms with E-state index in [1.54, 1.807) is 29.5 Å². The number of unbranched alkanes of at least 4 members (excludes halogenated alkanes) is 1. The van der Waals surface area contributed by atoms with E-state index in [0.717, 1.165) is 26.5 Å². The number of carbonyl (C=O) groups is 1. The molecule has 41 heavy (non-hydrogen) atoms. The zero-order chi connectivity index (χ0) is 29.7.